The van der Waals surface area contributed by atoms with Gasteiger partial charge in [0.25, 0.3) is 0 Å². The molecule has 2 atom stereocenters. The fraction of sp³-hybridized carbons (Fsp3) is 0.647. The van der Waals surface area contributed by atoms with Gasteiger partial charge in [-0.3, -0.25) is 9.59 Å². The molecule has 7 nitrogen and oxygen atoms in total. The van der Waals surface area contributed by atoms with E-state index in [2.05, 4.69) is 20.6 Å². The SMILES string of the molecule is CCOC(=O)CCc1cc(N[C@@H]2CCC[C@@H]2C(=O)NC)nc(C)n1. The number of esters is 1. The second-order valence-corrected chi connectivity index (χ2v) is 6.00. The van der Waals surface area contributed by atoms with E-state index in [4.69, 9.17) is 4.74 Å². The highest BCUT2D eigenvalue weighted by molar-refractivity contribution is 5.79. The van der Waals surface area contributed by atoms with Gasteiger partial charge in [-0.1, -0.05) is 6.42 Å². The number of hydrogen-bond donors (Lipinski definition) is 2. The quantitative estimate of drug-likeness (QED) is 0.736. The molecule has 1 aromatic heterocycles. The number of amides is 1. The molecule has 1 amide bonds. The Morgan fingerprint density at radius 3 is 2.83 bits per heavy atom. The summed E-state index contributed by atoms with van der Waals surface area (Å²) in [4.78, 5) is 32.2. The minimum absolute atomic E-state index is 0.0340. The number of hydrogen-bond acceptors (Lipinski definition) is 6. The molecule has 0 aromatic carbocycles. The van der Waals surface area contributed by atoms with E-state index < -0.39 is 0 Å². The number of nitrogens with zero attached hydrogens (tertiary/aromatic N) is 2. The average Bonchev–Trinajstić information content (AvgIpc) is 3.00. The van der Waals surface area contributed by atoms with Crippen molar-refractivity contribution in [2.75, 3.05) is 19.0 Å². The summed E-state index contributed by atoms with van der Waals surface area (Å²) >= 11 is 0. The largest absolute Gasteiger partial charge is 0.466 e. The van der Waals surface area contributed by atoms with Crippen LogP contribution in [0.15, 0.2) is 6.07 Å². The van der Waals surface area contributed by atoms with Crippen molar-refractivity contribution in [2.45, 2.75) is 52.0 Å². The molecule has 1 aliphatic carbocycles. The molecule has 7 heteroatoms. The highest BCUT2D eigenvalue weighted by atomic mass is 16.5. The number of carbonyl (C=O) groups is 2. The van der Waals surface area contributed by atoms with Gasteiger partial charge in [0, 0.05) is 31.3 Å². The van der Waals surface area contributed by atoms with Gasteiger partial charge in [-0.05, 0) is 26.7 Å². The molecule has 1 aromatic rings. The second-order valence-electron chi connectivity index (χ2n) is 6.00. The van der Waals surface area contributed by atoms with Gasteiger partial charge < -0.3 is 15.4 Å². The van der Waals surface area contributed by atoms with Crippen molar-refractivity contribution >= 4 is 17.7 Å². The van der Waals surface area contributed by atoms with E-state index in [1.807, 2.05) is 13.0 Å². The standard InChI is InChI=1S/C17H26N4O3/c1-4-24-16(22)9-8-12-10-15(20-11(2)19-12)21-14-7-5-6-13(14)17(23)18-3/h10,13-14H,4-9H2,1-3H3,(H,18,23)(H,19,20,21)/t13-,14+/m0/s1. The Kier molecular flexibility index (Phi) is 6.52. The summed E-state index contributed by atoms with van der Waals surface area (Å²) in [5.41, 5.74) is 0.799. The normalized spacial score (nSPS) is 19.8. The Morgan fingerprint density at radius 1 is 1.33 bits per heavy atom. The third-order valence-electron chi connectivity index (χ3n) is 4.21. The van der Waals surface area contributed by atoms with Crippen molar-refractivity contribution in [1.29, 1.82) is 0 Å². The molecule has 1 saturated carbocycles. The van der Waals surface area contributed by atoms with Crippen LogP contribution in [-0.4, -0.2) is 41.5 Å². The van der Waals surface area contributed by atoms with Gasteiger partial charge >= 0.3 is 5.97 Å². The minimum atomic E-state index is -0.223. The Balaban J connectivity index is 2.02. The fourth-order valence-corrected chi connectivity index (χ4v) is 3.12. The molecule has 1 fully saturated rings. The Labute approximate surface area is 142 Å². The van der Waals surface area contributed by atoms with Crippen LogP contribution in [0.2, 0.25) is 0 Å². The molecule has 0 spiro atoms. The van der Waals surface area contributed by atoms with Crippen molar-refractivity contribution in [1.82, 2.24) is 15.3 Å². The number of aromatic nitrogens is 2. The van der Waals surface area contributed by atoms with Gasteiger partial charge in [-0.15, -0.1) is 0 Å². The van der Waals surface area contributed by atoms with E-state index in [9.17, 15) is 9.59 Å². The lowest BCUT2D eigenvalue weighted by molar-refractivity contribution is -0.143. The summed E-state index contributed by atoms with van der Waals surface area (Å²) in [5, 5.41) is 6.10. The van der Waals surface area contributed by atoms with Crippen LogP contribution in [0.4, 0.5) is 5.82 Å². The Morgan fingerprint density at radius 2 is 2.12 bits per heavy atom. The lowest BCUT2D eigenvalue weighted by Gasteiger charge is -2.20. The molecule has 0 aliphatic heterocycles. The number of ether oxygens (including phenoxy) is 1. The van der Waals surface area contributed by atoms with Gasteiger partial charge in [0.2, 0.25) is 5.91 Å². The van der Waals surface area contributed by atoms with Crippen LogP contribution < -0.4 is 10.6 Å². The maximum Gasteiger partial charge on any atom is 0.306 e. The predicted molar refractivity (Wildman–Crippen MR) is 90.5 cm³/mol. The number of carbonyl (C=O) groups excluding carboxylic acids is 2. The highest BCUT2D eigenvalue weighted by Gasteiger charge is 2.32. The molecule has 0 radical (unpaired) electrons. The van der Waals surface area contributed by atoms with E-state index in [1.165, 1.54) is 0 Å². The molecule has 2 N–H and O–H groups in total. The molecule has 0 saturated heterocycles. The lowest BCUT2D eigenvalue weighted by atomic mass is 10.0. The van der Waals surface area contributed by atoms with Gasteiger partial charge in [-0.25, -0.2) is 9.97 Å². The van der Waals surface area contributed by atoms with E-state index in [1.54, 1.807) is 14.0 Å². The molecule has 0 bridgehead atoms. The van der Waals surface area contributed by atoms with Crippen LogP contribution in [0.5, 0.6) is 0 Å². The molecule has 1 aliphatic rings. The molecule has 0 unspecified atom stereocenters. The van der Waals surface area contributed by atoms with Crippen LogP contribution in [0.1, 0.15) is 44.1 Å². The van der Waals surface area contributed by atoms with Crippen LogP contribution in [0.25, 0.3) is 0 Å². The first kappa shape index (κ1) is 18.2. The maximum atomic E-state index is 12.0. The fourth-order valence-electron chi connectivity index (χ4n) is 3.12. The van der Waals surface area contributed by atoms with Crippen LogP contribution >= 0.6 is 0 Å². The van der Waals surface area contributed by atoms with E-state index >= 15 is 0 Å². The second kappa shape index (κ2) is 8.61. The maximum absolute atomic E-state index is 12.0. The zero-order valence-electron chi connectivity index (χ0n) is 14.6. The first-order valence-electron chi connectivity index (χ1n) is 8.51. The number of nitrogens with one attached hydrogen (secondary N) is 2. The molecule has 1 heterocycles. The van der Waals surface area contributed by atoms with E-state index in [0.717, 1.165) is 25.0 Å². The first-order chi connectivity index (χ1) is 11.5. The summed E-state index contributed by atoms with van der Waals surface area (Å²) in [6, 6.07) is 1.93. The van der Waals surface area contributed by atoms with Crippen molar-refractivity contribution in [3.63, 3.8) is 0 Å². The number of aryl methyl sites for hydroxylation is 2. The van der Waals surface area contributed by atoms with Gasteiger partial charge in [-0.2, -0.15) is 0 Å². The third kappa shape index (κ3) is 4.91. The molecular formula is C17H26N4O3. The Hall–Kier alpha value is -2.18. The topological polar surface area (TPSA) is 93.2 Å². The van der Waals surface area contributed by atoms with Gasteiger partial charge in [0.1, 0.15) is 11.6 Å². The summed E-state index contributed by atoms with van der Waals surface area (Å²) in [6.07, 6.45) is 3.67. The third-order valence-corrected chi connectivity index (χ3v) is 4.21. The molecular weight excluding hydrogens is 308 g/mol. The van der Waals surface area contributed by atoms with Crippen molar-refractivity contribution in [3.8, 4) is 0 Å². The van der Waals surface area contributed by atoms with Crippen LogP contribution in [0, 0.1) is 12.8 Å². The number of rotatable bonds is 7. The molecule has 2 rings (SSSR count). The summed E-state index contributed by atoms with van der Waals surface area (Å²) in [7, 11) is 1.67. The summed E-state index contributed by atoms with van der Waals surface area (Å²) in [5.74, 6) is 1.17. The smallest absolute Gasteiger partial charge is 0.306 e. The van der Waals surface area contributed by atoms with Gasteiger partial charge in [0.05, 0.1) is 18.9 Å². The first-order valence-corrected chi connectivity index (χ1v) is 8.51. The van der Waals surface area contributed by atoms with Crippen LogP contribution in [-0.2, 0) is 20.7 Å². The van der Waals surface area contributed by atoms with E-state index in [0.29, 0.717) is 31.1 Å². The Bertz CT molecular complexity index is 591. The van der Waals surface area contributed by atoms with Crippen LogP contribution in [0.3, 0.4) is 0 Å². The van der Waals surface area contributed by atoms with Crippen molar-refractivity contribution < 1.29 is 14.3 Å². The summed E-state index contributed by atoms with van der Waals surface area (Å²) in [6.45, 7) is 4.00. The zero-order chi connectivity index (χ0) is 17.5. The summed E-state index contributed by atoms with van der Waals surface area (Å²) < 4.78 is 4.94. The predicted octanol–water partition coefficient (Wildman–Crippen LogP) is 1.61. The molecule has 24 heavy (non-hydrogen) atoms. The van der Waals surface area contributed by atoms with E-state index in [-0.39, 0.29) is 23.8 Å². The lowest BCUT2D eigenvalue weighted by Crippen LogP contribution is -2.36. The van der Waals surface area contributed by atoms with Gasteiger partial charge in [0.15, 0.2) is 0 Å². The van der Waals surface area contributed by atoms with Crippen molar-refractivity contribution in [2.24, 2.45) is 5.92 Å². The molecule has 132 valence electrons. The van der Waals surface area contributed by atoms with Crippen molar-refractivity contribution in [3.05, 3.63) is 17.6 Å². The zero-order valence-corrected chi connectivity index (χ0v) is 14.6. The monoisotopic (exact) mass is 334 g/mol. The average molecular weight is 334 g/mol. The number of anilines is 1. The minimum Gasteiger partial charge on any atom is -0.466 e. The highest BCUT2D eigenvalue weighted by Crippen LogP contribution is 2.28.